The average molecular weight is 290 g/mol. The molecule has 0 N–H and O–H groups in total. The van der Waals surface area contributed by atoms with Crippen LogP contribution in [0.25, 0.3) is 0 Å². The Labute approximate surface area is 124 Å². The summed E-state index contributed by atoms with van der Waals surface area (Å²) >= 11 is 0. The van der Waals surface area contributed by atoms with Crippen molar-refractivity contribution < 1.29 is 9.53 Å². The molecule has 1 aromatic heterocycles. The van der Waals surface area contributed by atoms with Gasteiger partial charge in [-0.1, -0.05) is 25.5 Å². The van der Waals surface area contributed by atoms with Crippen LogP contribution in [0.5, 0.6) is 0 Å². The molecule has 1 atom stereocenters. The van der Waals surface area contributed by atoms with Crippen LogP contribution in [0.3, 0.4) is 0 Å². The van der Waals surface area contributed by atoms with E-state index in [4.69, 9.17) is 4.74 Å². The van der Waals surface area contributed by atoms with Crippen molar-refractivity contribution in [3.05, 3.63) is 40.3 Å². The Kier molecular flexibility index (Phi) is 5.72. The second-order valence-corrected chi connectivity index (χ2v) is 5.38. The number of hydrogen-bond acceptors (Lipinski definition) is 4. The molecule has 0 amide bonds. The first kappa shape index (κ1) is 15.5. The molecule has 0 bridgehead atoms. The number of hydrogen-bond donors (Lipinski definition) is 0. The molecule has 1 unspecified atom stereocenters. The third kappa shape index (κ3) is 4.55. The quantitative estimate of drug-likeness (QED) is 0.596. The molecule has 0 spiro atoms. The van der Waals surface area contributed by atoms with Gasteiger partial charge in [0.05, 0.1) is 6.61 Å². The van der Waals surface area contributed by atoms with Gasteiger partial charge < -0.3 is 4.74 Å². The van der Waals surface area contributed by atoms with Crippen LogP contribution < -0.4 is 5.56 Å². The molecule has 1 aromatic rings. The van der Waals surface area contributed by atoms with E-state index in [1.807, 2.05) is 6.92 Å². The van der Waals surface area contributed by atoms with Crippen LogP contribution >= 0.6 is 0 Å². The lowest BCUT2D eigenvalue weighted by atomic mass is 9.95. The largest absolute Gasteiger partial charge is 0.461 e. The standard InChI is InChI=1S/C16H22N2O3/c1-2-3-11-18-15(19)10-9-14(17-18)16(20)21-12-13-7-5-4-6-8-13/h4-5,9-10,13H,2-3,6-8,11-12H2,1H3. The molecular formula is C16H22N2O3. The summed E-state index contributed by atoms with van der Waals surface area (Å²) in [6.07, 6.45) is 9.17. The van der Waals surface area contributed by atoms with Crippen molar-refractivity contribution in [3.63, 3.8) is 0 Å². The van der Waals surface area contributed by atoms with Gasteiger partial charge in [-0.15, -0.1) is 0 Å². The van der Waals surface area contributed by atoms with Gasteiger partial charge in [-0.25, -0.2) is 9.48 Å². The van der Waals surface area contributed by atoms with Gasteiger partial charge in [-0.05, 0) is 37.7 Å². The number of aromatic nitrogens is 2. The minimum Gasteiger partial charge on any atom is -0.461 e. The predicted octanol–water partition coefficient (Wildman–Crippen LogP) is 2.56. The van der Waals surface area contributed by atoms with Crippen LogP contribution in [0.2, 0.25) is 0 Å². The molecule has 1 heterocycles. The Balaban J connectivity index is 1.95. The van der Waals surface area contributed by atoms with Gasteiger partial charge in [0.15, 0.2) is 5.69 Å². The molecule has 5 heteroatoms. The molecule has 0 aliphatic heterocycles. The number of esters is 1. The predicted molar refractivity (Wildman–Crippen MR) is 80.2 cm³/mol. The highest BCUT2D eigenvalue weighted by atomic mass is 16.5. The van der Waals surface area contributed by atoms with Gasteiger partial charge in [0.25, 0.3) is 5.56 Å². The Morgan fingerprint density at radius 1 is 1.43 bits per heavy atom. The maximum atomic E-state index is 12.0. The van der Waals surface area contributed by atoms with Crippen LogP contribution in [0.4, 0.5) is 0 Å². The monoisotopic (exact) mass is 290 g/mol. The van der Waals surface area contributed by atoms with Crippen LogP contribution in [0, 0.1) is 5.92 Å². The fourth-order valence-electron chi connectivity index (χ4n) is 2.30. The summed E-state index contributed by atoms with van der Waals surface area (Å²) in [7, 11) is 0. The highest BCUT2D eigenvalue weighted by molar-refractivity contribution is 5.86. The topological polar surface area (TPSA) is 61.2 Å². The lowest BCUT2D eigenvalue weighted by Gasteiger charge is -2.17. The summed E-state index contributed by atoms with van der Waals surface area (Å²) < 4.78 is 6.65. The van der Waals surface area contributed by atoms with Gasteiger partial charge in [-0.2, -0.15) is 5.10 Å². The number of carbonyl (C=O) groups is 1. The summed E-state index contributed by atoms with van der Waals surface area (Å²) in [5.41, 5.74) is 0.0227. The zero-order valence-electron chi connectivity index (χ0n) is 12.5. The number of allylic oxidation sites excluding steroid dienone is 2. The van der Waals surface area contributed by atoms with Gasteiger partial charge in [0.2, 0.25) is 0 Å². The van der Waals surface area contributed by atoms with Crippen molar-refractivity contribution in [2.24, 2.45) is 5.92 Å². The van der Waals surface area contributed by atoms with Gasteiger partial charge in [-0.3, -0.25) is 4.79 Å². The smallest absolute Gasteiger partial charge is 0.358 e. The SMILES string of the molecule is CCCCn1nc(C(=O)OCC2CC=CCC2)ccc1=O. The summed E-state index contributed by atoms with van der Waals surface area (Å²) in [4.78, 5) is 23.7. The van der Waals surface area contributed by atoms with E-state index < -0.39 is 5.97 Å². The molecule has 0 saturated carbocycles. The zero-order chi connectivity index (χ0) is 15.1. The van der Waals surface area contributed by atoms with Crippen molar-refractivity contribution in [2.75, 3.05) is 6.61 Å². The highest BCUT2D eigenvalue weighted by Gasteiger charge is 2.15. The summed E-state index contributed by atoms with van der Waals surface area (Å²) in [5, 5.41) is 4.09. The van der Waals surface area contributed by atoms with Crippen LogP contribution in [-0.4, -0.2) is 22.4 Å². The normalized spacial score (nSPS) is 17.7. The molecule has 1 aliphatic rings. The Morgan fingerprint density at radius 2 is 2.29 bits per heavy atom. The van der Waals surface area contributed by atoms with Crippen molar-refractivity contribution in [2.45, 2.75) is 45.6 Å². The molecule has 0 radical (unpaired) electrons. The number of rotatable bonds is 6. The second-order valence-electron chi connectivity index (χ2n) is 5.38. The molecule has 114 valence electrons. The van der Waals surface area contributed by atoms with Gasteiger partial charge in [0.1, 0.15) is 0 Å². The van der Waals surface area contributed by atoms with Gasteiger partial charge in [0, 0.05) is 12.6 Å². The molecule has 0 saturated heterocycles. The van der Waals surface area contributed by atoms with Gasteiger partial charge >= 0.3 is 5.97 Å². The Bertz CT molecular complexity index is 563. The molecule has 0 aromatic carbocycles. The first-order chi connectivity index (χ1) is 10.2. The van der Waals surface area contributed by atoms with E-state index in [-0.39, 0.29) is 11.3 Å². The summed E-state index contributed by atoms with van der Waals surface area (Å²) in [5.74, 6) is -0.0558. The molecule has 5 nitrogen and oxygen atoms in total. The number of ether oxygens (including phenoxy) is 1. The average Bonchev–Trinajstić information content (AvgIpc) is 2.53. The maximum absolute atomic E-state index is 12.0. The molecule has 0 fully saturated rings. The molecule has 1 aliphatic carbocycles. The second kappa shape index (κ2) is 7.76. The van der Waals surface area contributed by atoms with Crippen molar-refractivity contribution in [1.29, 1.82) is 0 Å². The van der Waals surface area contributed by atoms with Crippen LogP contribution in [0.15, 0.2) is 29.1 Å². The van der Waals surface area contributed by atoms with Crippen molar-refractivity contribution >= 4 is 5.97 Å². The van der Waals surface area contributed by atoms with Crippen LogP contribution in [0.1, 0.15) is 49.5 Å². The Morgan fingerprint density at radius 3 is 3.00 bits per heavy atom. The number of nitrogens with zero attached hydrogens (tertiary/aromatic N) is 2. The highest BCUT2D eigenvalue weighted by Crippen LogP contribution is 2.18. The van der Waals surface area contributed by atoms with E-state index in [9.17, 15) is 9.59 Å². The lowest BCUT2D eigenvalue weighted by Crippen LogP contribution is -2.25. The third-order valence-electron chi connectivity index (χ3n) is 3.63. The molecular weight excluding hydrogens is 268 g/mol. The first-order valence-corrected chi connectivity index (χ1v) is 7.61. The van der Waals surface area contributed by atoms with E-state index in [1.165, 1.54) is 16.8 Å². The number of aryl methyl sites for hydroxylation is 1. The summed E-state index contributed by atoms with van der Waals surface area (Å²) in [6.45, 7) is 2.99. The first-order valence-electron chi connectivity index (χ1n) is 7.61. The third-order valence-corrected chi connectivity index (χ3v) is 3.63. The minimum atomic E-state index is -0.449. The van der Waals surface area contributed by atoms with E-state index in [2.05, 4.69) is 17.3 Å². The van der Waals surface area contributed by atoms with Crippen molar-refractivity contribution in [3.8, 4) is 0 Å². The Hall–Kier alpha value is -1.91. The van der Waals surface area contributed by atoms with E-state index in [1.54, 1.807) is 0 Å². The molecule has 21 heavy (non-hydrogen) atoms. The van der Waals surface area contributed by atoms with Crippen LogP contribution in [-0.2, 0) is 11.3 Å². The number of unbranched alkanes of at least 4 members (excludes halogenated alkanes) is 1. The summed E-state index contributed by atoms with van der Waals surface area (Å²) in [6, 6.07) is 2.82. The minimum absolute atomic E-state index is 0.183. The number of carbonyl (C=O) groups excluding carboxylic acids is 1. The fourth-order valence-corrected chi connectivity index (χ4v) is 2.30. The maximum Gasteiger partial charge on any atom is 0.358 e. The fraction of sp³-hybridized carbons (Fsp3) is 0.562. The molecule has 2 rings (SSSR count). The lowest BCUT2D eigenvalue weighted by molar-refractivity contribution is 0.0422. The van der Waals surface area contributed by atoms with E-state index in [0.717, 1.165) is 32.1 Å². The van der Waals surface area contributed by atoms with E-state index >= 15 is 0 Å². The van der Waals surface area contributed by atoms with Crippen molar-refractivity contribution in [1.82, 2.24) is 9.78 Å². The zero-order valence-corrected chi connectivity index (χ0v) is 12.5. The van der Waals surface area contributed by atoms with E-state index in [0.29, 0.717) is 19.1 Å².